The summed E-state index contributed by atoms with van der Waals surface area (Å²) in [6.45, 7) is 11.9. The lowest BCUT2D eigenvalue weighted by Crippen LogP contribution is -2.57. The summed E-state index contributed by atoms with van der Waals surface area (Å²) in [6, 6.07) is 15.3. The quantitative estimate of drug-likeness (QED) is 0.598. The lowest BCUT2D eigenvalue weighted by molar-refractivity contribution is -0.136. The fourth-order valence-corrected chi connectivity index (χ4v) is 4.24. The van der Waals surface area contributed by atoms with Crippen molar-refractivity contribution in [2.24, 2.45) is 5.92 Å². The molecular formula is C28H38N4O2. The minimum atomic E-state index is -0.543. The molecule has 2 aromatic carbocycles. The number of hydrogen-bond donors (Lipinski definition) is 2. The van der Waals surface area contributed by atoms with E-state index >= 15 is 0 Å². The van der Waals surface area contributed by atoms with Crippen molar-refractivity contribution >= 4 is 23.7 Å². The molecule has 1 aliphatic heterocycles. The van der Waals surface area contributed by atoms with Crippen molar-refractivity contribution in [3.8, 4) is 0 Å². The van der Waals surface area contributed by atoms with E-state index < -0.39 is 6.04 Å². The highest BCUT2D eigenvalue weighted by Crippen LogP contribution is 2.20. The smallest absolute Gasteiger partial charge is 0.319 e. The van der Waals surface area contributed by atoms with Gasteiger partial charge in [0.25, 0.3) is 0 Å². The average Bonchev–Trinajstić information content (AvgIpc) is 2.85. The van der Waals surface area contributed by atoms with Crippen LogP contribution in [0.3, 0.4) is 0 Å². The number of nitrogens with zero attached hydrogens (tertiary/aromatic N) is 2. The van der Waals surface area contributed by atoms with Crippen LogP contribution in [-0.4, -0.2) is 60.5 Å². The van der Waals surface area contributed by atoms with Gasteiger partial charge in [-0.1, -0.05) is 81.0 Å². The van der Waals surface area contributed by atoms with E-state index in [1.165, 1.54) is 5.56 Å². The van der Waals surface area contributed by atoms with Gasteiger partial charge in [-0.05, 0) is 36.5 Å². The zero-order chi connectivity index (χ0) is 24.5. The number of benzene rings is 2. The third-order valence-corrected chi connectivity index (χ3v) is 6.64. The molecule has 2 atom stereocenters. The Morgan fingerprint density at radius 2 is 1.62 bits per heavy atom. The van der Waals surface area contributed by atoms with Crippen LogP contribution in [0.1, 0.15) is 37.0 Å². The van der Waals surface area contributed by atoms with Gasteiger partial charge in [0.2, 0.25) is 5.91 Å². The molecule has 1 saturated heterocycles. The summed E-state index contributed by atoms with van der Waals surface area (Å²) in [7, 11) is 0. The molecule has 182 valence electrons. The first-order valence-electron chi connectivity index (χ1n) is 12.3. The lowest BCUT2D eigenvalue weighted by Gasteiger charge is -2.37. The van der Waals surface area contributed by atoms with Gasteiger partial charge in [-0.3, -0.25) is 9.69 Å². The molecule has 0 radical (unpaired) electrons. The first-order chi connectivity index (χ1) is 16.4. The van der Waals surface area contributed by atoms with E-state index in [4.69, 9.17) is 0 Å². The second-order valence-electron chi connectivity index (χ2n) is 9.17. The van der Waals surface area contributed by atoms with Gasteiger partial charge < -0.3 is 15.5 Å². The van der Waals surface area contributed by atoms with Crippen molar-refractivity contribution < 1.29 is 9.59 Å². The van der Waals surface area contributed by atoms with E-state index in [-0.39, 0.29) is 17.9 Å². The van der Waals surface area contributed by atoms with E-state index in [1.54, 1.807) is 0 Å². The minimum absolute atomic E-state index is 0.00508. The summed E-state index contributed by atoms with van der Waals surface area (Å²) in [5.41, 5.74) is 3.99. The standard InChI is InChI=1S/C28H38N4O2/c1-5-21(2)26(30-28(34)29-25-22(3)11-9-12-23(25)4)27(33)32-19-17-31(18-20-32)16-10-15-24-13-7-6-8-14-24/h6-15,21,26H,5,16-20H2,1-4H3,(H2,29,30,34). The molecule has 0 spiro atoms. The van der Waals surface area contributed by atoms with Crippen LogP contribution in [-0.2, 0) is 4.79 Å². The third kappa shape index (κ3) is 6.94. The molecular weight excluding hydrogens is 424 g/mol. The van der Waals surface area contributed by atoms with Gasteiger partial charge in [-0.15, -0.1) is 0 Å². The largest absolute Gasteiger partial charge is 0.338 e. The fourth-order valence-electron chi connectivity index (χ4n) is 4.24. The number of piperazine rings is 1. The average molecular weight is 463 g/mol. The Morgan fingerprint density at radius 3 is 2.24 bits per heavy atom. The van der Waals surface area contributed by atoms with Crippen molar-refractivity contribution in [1.82, 2.24) is 15.1 Å². The highest BCUT2D eigenvalue weighted by atomic mass is 16.2. The molecule has 0 saturated carbocycles. The Morgan fingerprint density at radius 1 is 0.971 bits per heavy atom. The number of carbonyl (C=O) groups is 2. The molecule has 6 heteroatoms. The van der Waals surface area contributed by atoms with E-state index in [1.807, 2.05) is 69.0 Å². The Kier molecular flexibility index (Phi) is 9.28. The van der Waals surface area contributed by atoms with E-state index in [0.717, 1.165) is 42.9 Å². The fraction of sp³-hybridized carbons (Fsp3) is 0.429. The maximum Gasteiger partial charge on any atom is 0.319 e. The number of para-hydroxylation sites is 1. The molecule has 1 heterocycles. The minimum Gasteiger partial charge on any atom is -0.338 e. The zero-order valence-electron chi connectivity index (χ0n) is 20.9. The number of urea groups is 1. The van der Waals surface area contributed by atoms with Crippen molar-refractivity contribution in [3.63, 3.8) is 0 Å². The molecule has 34 heavy (non-hydrogen) atoms. The van der Waals surface area contributed by atoms with Crippen LogP contribution >= 0.6 is 0 Å². The van der Waals surface area contributed by atoms with Crippen molar-refractivity contribution in [3.05, 3.63) is 71.3 Å². The van der Waals surface area contributed by atoms with Gasteiger partial charge in [0.1, 0.15) is 6.04 Å². The Bertz CT molecular complexity index is 961. The Balaban J connectivity index is 1.55. The first-order valence-corrected chi connectivity index (χ1v) is 12.3. The molecule has 2 aromatic rings. The molecule has 6 nitrogen and oxygen atoms in total. The number of nitrogens with one attached hydrogen (secondary N) is 2. The molecule has 0 aliphatic carbocycles. The van der Waals surface area contributed by atoms with Crippen LogP contribution in [0.2, 0.25) is 0 Å². The summed E-state index contributed by atoms with van der Waals surface area (Å²) in [4.78, 5) is 30.4. The van der Waals surface area contributed by atoms with Crippen LogP contribution < -0.4 is 10.6 Å². The highest BCUT2D eigenvalue weighted by molar-refractivity contribution is 5.95. The summed E-state index contributed by atoms with van der Waals surface area (Å²) >= 11 is 0. The Labute approximate surface area is 204 Å². The summed E-state index contributed by atoms with van der Waals surface area (Å²) in [6.07, 6.45) is 5.12. The van der Waals surface area contributed by atoms with Gasteiger partial charge in [-0.25, -0.2) is 4.79 Å². The maximum absolute atomic E-state index is 13.4. The van der Waals surface area contributed by atoms with Gasteiger partial charge in [0, 0.05) is 38.4 Å². The van der Waals surface area contributed by atoms with E-state index in [9.17, 15) is 9.59 Å². The van der Waals surface area contributed by atoms with Crippen LogP contribution in [0.25, 0.3) is 6.08 Å². The second kappa shape index (κ2) is 12.4. The van der Waals surface area contributed by atoms with Crippen molar-refractivity contribution in [2.45, 2.75) is 40.2 Å². The highest BCUT2D eigenvalue weighted by Gasteiger charge is 2.31. The summed E-state index contributed by atoms with van der Waals surface area (Å²) in [5.74, 6) is 0.0496. The lowest BCUT2D eigenvalue weighted by atomic mass is 9.97. The molecule has 1 fully saturated rings. The second-order valence-corrected chi connectivity index (χ2v) is 9.17. The molecule has 3 rings (SSSR count). The predicted molar refractivity (Wildman–Crippen MR) is 140 cm³/mol. The number of anilines is 1. The van der Waals surface area contributed by atoms with Crippen molar-refractivity contribution in [1.29, 1.82) is 0 Å². The monoisotopic (exact) mass is 462 g/mol. The maximum atomic E-state index is 13.4. The van der Waals surface area contributed by atoms with Gasteiger partial charge in [0.15, 0.2) is 0 Å². The number of rotatable bonds is 8. The zero-order valence-corrected chi connectivity index (χ0v) is 20.9. The number of carbonyl (C=O) groups excluding carboxylic acids is 2. The summed E-state index contributed by atoms with van der Waals surface area (Å²) in [5, 5.41) is 5.92. The molecule has 0 aromatic heterocycles. The third-order valence-electron chi connectivity index (χ3n) is 6.64. The molecule has 1 aliphatic rings. The number of hydrogen-bond acceptors (Lipinski definition) is 3. The van der Waals surface area contributed by atoms with E-state index in [0.29, 0.717) is 13.1 Å². The predicted octanol–water partition coefficient (Wildman–Crippen LogP) is 4.70. The SMILES string of the molecule is CCC(C)C(NC(=O)Nc1c(C)cccc1C)C(=O)N1CCN(CC=Cc2ccccc2)CC1. The number of aryl methyl sites for hydroxylation is 2. The molecule has 3 amide bonds. The van der Waals surface area contributed by atoms with Crippen LogP contribution in [0.5, 0.6) is 0 Å². The topological polar surface area (TPSA) is 64.7 Å². The molecule has 2 N–H and O–H groups in total. The van der Waals surface area contributed by atoms with Gasteiger partial charge >= 0.3 is 6.03 Å². The first kappa shape index (κ1) is 25.5. The van der Waals surface area contributed by atoms with Crippen molar-refractivity contribution in [2.75, 3.05) is 38.0 Å². The Hall–Kier alpha value is -3.12. The molecule has 0 bridgehead atoms. The van der Waals surface area contributed by atoms with Crippen LogP contribution in [0.15, 0.2) is 54.6 Å². The molecule has 2 unspecified atom stereocenters. The summed E-state index contributed by atoms with van der Waals surface area (Å²) < 4.78 is 0. The van der Waals surface area contributed by atoms with Crippen LogP contribution in [0, 0.1) is 19.8 Å². The number of amides is 3. The van der Waals surface area contributed by atoms with Gasteiger partial charge in [-0.2, -0.15) is 0 Å². The van der Waals surface area contributed by atoms with E-state index in [2.05, 4.69) is 39.8 Å². The normalized spacial score (nSPS) is 16.3. The van der Waals surface area contributed by atoms with Gasteiger partial charge in [0.05, 0.1) is 0 Å². The van der Waals surface area contributed by atoms with Crippen LogP contribution in [0.4, 0.5) is 10.5 Å².